The van der Waals surface area contributed by atoms with Crippen LogP contribution in [0.2, 0.25) is 0 Å². The van der Waals surface area contributed by atoms with Crippen LogP contribution in [0.5, 0.6) is 17.2 Å². The van der Waals surface area contributed by atoms with E-state index >= 15 is 0 Å². The zero-order chi connectivity index (χ0) is 20.7. The molecular formula is C21H26N2O5. The van der Waals surface area contributed by atoms with E-state index in [1.807, 2.05) is 19.9 Å². The summed E-state index contributed by atoms with van der Waals surface area (Å²) in [5, 5.41) is 2.77. The SMILES string of the molecule is COc1ccc(NC(=O)CN(C(C)=O)c2ccccc2OC(C)C)cc1OC. The van der Waals surface area contributed by atoms with Gasteiger partial charge in [-0.25, -0.2) is 0 Å². The Hall–Kier alpha value is -3.22. The quantitative estimate of drug-likeness (QED) is 0.752. The summed E-state index contributed by atoms with van der Waals surface area (Å²) in [5.41, 5.74) is 1.09. The molecule has 2 amide bonds. The van der Waals surface area contributed by atoms with Gasteiger partial charge in [-0.2, -0.15) is 0 Å². The molecule has 0 bridgehead atoms. The number of carbonyl (C=O) groups is 2. The molecular weight excluding hydrogens is 360 g/mol. The van der Waals surface area contributed by atoms with Gasteiger partial charge in [-0.3, -0.25) is 14.5 Å². The molecule has 0 aliphatic rings. The number of hydrogen-bond donors (Lipinski definition) is 1. The topological polar surface area (TPSA) is 77.1 Å². The molecule has 0 spiro atoms. The van der Waals surface area contributed by atoms with Crippen LogP contribution in [0.15, 0.2) is 42.5 Å². The van der Waals surface area contributed by atoms with E-state index in [4.69, 9.17) is 14.2 Å². The Labute approximate surface area is 165 Å². The van der Waals surface area contributed by atoms with E-state index in [0.29, 0.717) is 28.6 Å². The van der Waals surface area contributed by atoms with Crippen molar-refractivity contribution in [3.63, 3.8) is 0 Å². The molecule has 0 aromatic heterocycles. The molecule has 0 heterocycles. The third-order valence-corrected chi connectivity index (χ3v) is 3.87. The molecule has 0 radical (unpaired) electrons. The number of rotatable bonds is 8. The molecule has 2 rings (SSSR count). The van der Waals surface area contributed by atoms with Crippen LogP contribution >= 0.6 is 0 Å². The van der Waals surface area contributed by atoms with Crippen LogP contribution in [-0.4, -0.2) is 38.7 Å². The maximum atomic E-state index is 12.6. The number of nitrogens with zero attached hydrogens (tertiary/aromatic N) is 1. The van der Waals surface area contributed by atoms with Gasteiger partial charge >= 0.3 is 0 Å². The average molecular weight is 386 g/mol. The number of carbonyl (C=O) groups excluding carboxylic acids is 2. The van der Waals surface area contributed by atoms with Crippen LogP contribution in [0, 0.1) is 0 Å². The fourth-order valence-corrected chi connectivity index (χ4v) is 2.66. The van der Waals surface area contributed by atoms with Crippen molar-refractivity contribution >= 4 is 23.2 Å². The number of anilines is 2. The third-order valence-electron chi connectivity index (χ3n) is 3.87. The minimum Gasteiger partial charge on any atom is -0.493 e. The summed E-state index contributed by atoms with van der Waals surface area (Å²) in [6.45, 7) is 5.06. The van der Waals surface area contributed by atoms with Crippen molar-refractivity contribution in [2.24, 2.45) is 0 Å². The molecule has 150 valence electrons. The molecule has 0 aliphatic heterocycles. The second kappa shape index (κ2) is 9.64. The van der Waals surface area contributed by atoms with Gasteiger partial charge in [-0.15, -0.1) is 0 Å². The number of ether oxygens (including phenoxy) is 3. The minimum absolute atomic E-state index is 0.0597. The minimum atomic E-state index is -0.346. The van der Waals surface area contributed by atoms with Gasteiger partial charge < -0.3 is 19.5 Å². The first-order valence-electron chi connectivity index (χ1n) is 8.91. The van der Waals surface area contributed by atoms with E-state index < -0.39 is 0 Å². The predicted molar refractivity (Wildman–Crippen MR) is 108 cm³/mol. The lowest BCUT2D eigenvalue weighted by Crippen LogP contribution is -2.37. The van der Waals surface area contributed by atoms with Gasteiger partial charge in [0.05, 0.1) is 26.0 Å². The van der Waals surface area contributed by atoms with Crippen molar-refractivity contribution in [3.05, 3.63) is 42.5 Å². The highest BCUT2D eigenvalue weighted by atomic mass is 16.5. The molecule has 7 nitrogen and oxygen atoms in total. The summed E-state index contributed by atoms with van der Waals surface area (Å²) in [4.78, 5) is 26.2. The molecule has 1 N–H and O–H groups in total. The molecule has 0 saturated carbocycles. The van der Waals surface area contributed by atoms with Crippen LogP contribution in [-0.2, 0) is 9.59 Å². The summed E-state index contributed by atoms with van der Waals surface area (Å²) in [7, 11) is 3.06. The molecule has 7 heteroatoms. The van der Waals surface area contributed by atoms with Gasteiger partial charge in [0.1, 0.15) is 12.3 Å². The summed E-state index contributed by atoms with van der Waals surface area (Å²) in [5.74, 6) is 1.00. The number of hydrogen-bond acceptors (Lipinski definition) is 5. The molecule has 0 unspecified atom stereocenters. The van der Waals surface area contributed by atoms with E-state index in [2.05, 4.69) is 5.32 Å². The van der Waals surface area contributed by atoms with Crippen molar-refractivity contribution < 1.29 is 23.8 Å². The van der Waals surface area contributed by atoms with Gasteiger partial charge in [0.25, 0.3) is 0 Å². The van der Waals surface area contributed by atoms with Crippen molar-refractivity contribution in [2.75, 3.05) is 31.0 Å². The summed E-state index contributed by atoms with van der Waals surface area (Å²) in [6, 6.07) is 12.2. The molecule has 2 aromatic carbocycles. The fourth-order valence-electron chi connectivity index (χ4n) is 2.66. The smallest absolute Gasteiger partial charge is 0.244 e. The van der Waals surface area contributed by atoms with Gasteiger partial charge in [0.15, 0.2) is 11.5 Å². The van der Waals surface area contributed by atoms with E-state index in [1.54, 1.807) is 36.4 Å². The van der Waals surface area contributed by atoms with Crippen molar-refractivity contribution in [2.45, 2.75) is 26.9 Å². The van der Waals surface area contributed by atoms with Gasteiger partial charge in [0, 0.05) is 18.7 Å². The van der Waals surface area contributed by atoms with Gasteiger partial charge in [0.2, 0.25) is 11.8 Å². The maximum absolute atomic E-state index is 12.6. The Morgan fingerprint density at radius 3 is 2.29 bits per heavy atom. The standard InChI is InChI=1S/C21H26N2O5/c1-14(2)28-18-9-7-6-8-17(18)23(15(3)24)13-21(25)22-16-10-11-19(26-4)20(12-16)27-5/h6-12,14H,13H2,1-5H3,(H,22,25). The highest BCUT2D eigenvalue weighted by Gasteiger charge is 2.20. The Kier molecular flexibility index (Phi) is 7.26. The lowest BCUT2D eigenvalue weighted by atomic mass is 10.2. The molecule has 0 fully saturated rings. The average Bonchev–Trinajstić information content (AvgIpc) is 2.66. The summed E-state index contributed by atoms with van der Waals surface area (Å²) < 4.78 is 16.2. The van der Waals surface area contributed by atoms with Crippen LogP contribution in [0.3, 0.4) is 0 Å². The second-order valence-electron chi connectivity index (χ2n) is 6.36. The second-order valence-corrected chi connectivity index (χ2v) is 6.36. The van der Waals surface area contributed by atoms with E-state index in [1.165, 1.54) is 26.0 Å². The lowest BCUT2D eigenvalue weighted by molar-refractivity contribution is -0.120. The molecule has 0 aliphatic carbocycles. The lowest BCUT2D eigenvalue weighted by Gasteiger charge is -2.24. The third kappa shape index (κ3) is 5.39. The number of methoxy groups -OCH3 is 2. The highest BCUT2D eigenvalue weighted by Crippen LogP contribution is 2.31. The Morgan fingerprint density at radius 1 is 1.00 bits per heavy atom. The summed E-state index contributed by atoms with van der Waals surface area (Å²) in [6.07, 6.45) is -0.0597. The Morgan fingerprint density at radius 2 is 1.68 bits per heavy atom. The first-order valence-corrected chi connectivity index (χ1v) is 8.91. The van der Waals surface area contributed by atoms with Gasteiger partial charge in [-0.1, -0.05) is 12.1 Å². The highest BCUT2D eigenvalue weighted by molar-refractivity contribution is 6.02. The zero-order valence-corrected chi connectivity index (χ0v) is 16.8. The molecule has 2 aromatic rings. The number of para-hydroxylation sites is 2. The molecule has 0 saturated heterocycles. The largest absolute Gasteiger partial charge is 0.493 e. The first kappa shape index (κ1) is 21.1. The first-order chi connectivity index (χ1) is 13.3. The number of amides is 2. The zero-order valence-electron chi connectivity index (χ0n) is 16.8. The Balaban J connectivity index is 2.19. The maximum Gasteiger partial charge on any atom is 0.244 e. The van der Waals surface area contributed by atoms with Crippen LogP contribution in [0.4, 0.5) is 11.4 Å². The Bertz CT molecular complexity index is 835. The van der Waals surface area contributed by atoms with E-state index in [0.717, 1.165) is 0 Å². The van der Waals surface area contributed by atoms with E-state index in [-0.39, 0.29) is 24.5 Å². The van der Waals surface area contributed by atoms with Crippen LogP contribution in [0.25, 0.3) is 0 Å². The fraction of sp³-hybridized carbons (Fsp3) is 0.333. The number of benzene rings is 2. The summed E-state index contributed by atoms with van der Waals surface area (Å²) >= 11 is 0. The van der Waals surface area contributed by atoms with Gasteiger partial charge in [-0.05, 0) is 38.1 Å². The molecule has 28 heavy (non-hydrogen) atoms. The molecule has 0 atom stereocenters. The van der Waals surface area contributed by atoms with Crippen molar-refractivity contribution in [1.82, 2.24) is 0 Å². The predicted octanol–water partition coefficient (Wildman–Crippen LogP) is 3.48. The number of nitrogens with one attached hydrogen (secondary N) is 1. The van der Waals surface area contributed by atoms with Crippen molar-refractivity contribution in [1.29, 1.82) is 0 Å². The van der Waals surface area contributed by atoms with E-state index in [9.17, 15) is 9.59 Å². The monoisotopic (exact) mass is 386 g/mol. The van der Waals surface area contributed by atoms with Crippen molar-refractivity contribution in [3.8, 4) is 17.2 Å². The normalized spacial score (nSPS) is 10.4. The van der Waals surface area contributed by atoms with Crippen LogP contribution in [0.1, 0.15) is 20.8 Å². The van der Waals surface area contributed by atoms with Crippen LogP contribution < -0.4 is 24.4 Å².